The predicted molar refractivity (Wildman–Crippen MR) is 85.2 cm³/mol. The van der Waals surface area contributed by atoms with Crippen LogP contribution in [0.2, 0.25) is 0 Å². The second-order valence-electron chi connectivity index (χ2n) is 4.42. The third-order valence-corrected chi connectivity index (χ3v) is 3.88. The summed E-state index contributed by atoms with van der Waals surface area (Å²) < 4.78 is 10.8. The lowest BCUT2D eigenvalue weighted by Crippen LogP contribution is -2.24. The molecule has 0 saturated carbocycles. The standard InChI is InChI=1S/C15H18N2O3S/c1-19-12-9-14(21-3)13(20-2)8-10(12)4-5-11-6-7-15(18)17-16-11/h4-5,8-9H,6-7H2,1-3H3,(H,17,18). The van der Waals surface area contributed by atoms with E-state index in [-0.39, 0.29) is 5.91 Å². The monoisotopic (exact) mass is 306 g/mol. The van der Waals surface area contributed by atoms with Gasteiger partial charge in [-0.05, 0) is 30.5 Å². The highest BCUT2D eigenvalue weighted by atomic mass is 32.2. The molecule has 1 aromatic carbocycles. The van der Waals surface area contributed by atoms with E-state index in [4.69, 9.17) is 9.47 Å². The van der Waals surface area contributed by atoms with Crippen molar-refractivity contribution in [2.75, 3.05) is 20.5 Å². The van der Waals surface area contributed by atoms with Crippen molar-refractivity contribution in [3.05, 3.63) is 23.8 Å². The Bertz CT molecular complexity index is 597. The second-order valence-corrected chi connectivity index (χ2v) is 5.27. The minimum Gasteiger partial charge on any atom is -0.496 e. The molecule has 6 heteroatoms. The molecule has 0 spiro atoms. The fraction of sp³-hybridized carbons (Fsp3) is 0.333. The van der Waals surface area contributed by atoms with Gasteiger partial charge in [-0.2, -0.15) is 5.10 Å². The Hall–Kier alpha value is -1.95. The third kappa shape index (κ3) is 3.78. The minimum atomic E-state index is -0.0456. The van der Waals surface area contributed by atoms with E-state index in [0.29, 0.717) is 12.8 Å². The molecule has 0 bridgehead atoms. The van der Waals surface area contributed by atoms with Crippen LogP contribution in [0.5, 0.6) is 11.5 Å². The lowest BCUT2D eigenvalue weighted by molar-refractivity contribution is -0.121. The number of hydrogen-bond donors (Lipinski definition) is 1. The zero-order chi connectivity index (χ0) is 15.2. The zero-order valence-corrected chi connectivity index (χ0v) is 13.1. The Kier molecular flexibility index (Phi) is 5.27. The van der Waals surface area contributed by atoms with Crippen molar-refractivity contribution >= 4 is 29.5 Å². The molecule has 0 fully saturated rings. The maximum absolute atomic E-state index is 11.1. The van der Waals surface area contributed by atoms with Crippen LogP contribution in [0.15, 0.2) is 28.2 Å². The van der Waals surface area contributed by atoms with Crippen LogP contribution in [0, 0.1) is 0 Å². The number of hydrazone groups is 1. The van der Waals surface area contributed by atoms with Gasteiger partial charge in [0.05, 0.1) is 24.8 Å². The molecule has 0 atom stereocenters. The lowest BCUT2D eigenvalue weighted by atomic mass is 10.1. The molecule has 0 unspecified atom stereocenters. The van der Waals surface area contributed by atoms with Gasteiger partial charge >= 0.3 is 0 Å². The van der Waals surface area contributed by atoms with E-state index in [1.807, 2.05) is 30.5 Å². The van der Waals surface area contributed by atoms with Crippen LogP contribution in [0.3, 0.4) is 0 Å². The van der Waals surface area contributed by atoms with Gasteiger partial charge < -0.3 is 9.47 Å². The van der Waals surface area contributed by atoms with Crippen molar-refractivity contribution in [1.82, 2.24) is 5.43 Å². The number of ether oxygens (including phenoxy) is 2. The molecule has 0 radical (unpaired) electrons. The fourth-order valence-corrected chi connectivity index (χ4v) is 2.55. The number of amides is 1. The van der Waals surface area contributed by atoms with E-state index in [9.17, 15) is 4.79 Å². The van der Waals surface area contributed by atoms with Gasteiger partial charge in [0.1, 0.15) is 11.5 Å². The molecule has 21 heavy (non-hydrogen) atoms. The van der Waals surface area contributed by atoms with Gasteiger partial charge in [0.15, 0.2) is 0 Å². The summed E-state index contributed by atoms with van der Waals surface area (Å²) in [7, 11) is 3.29. The van der Waals surface area contributed by atoms with Crippen molar-refractivity contribution < 1.29 is 14.3 Å². The average molecular weight is 306 g/mol. The molecule has 1 N–H and O–H groups in total. The van der Waals surface area contributed by atoms with Gasteiger partial charge in [-0.25, -0.2) is 5.43 Å². The number of benzene rings is 1. The molecule has 5 nitrogen and oxygen atoms in total. The summed E-state index contributed by atoms with van der Waals surface area (Å²) in [6.45, 7) is 0. The van der Waals surface area contributed by atoms with Crippen LogP contribution < -0.4 is 14.9 Å². The molecule has 1 aliphatic rings. The minimum absolute atomic E-state index is 0.0456. The molecule has 0 aromatic heterocycles. The number of rotatable bonds is 5. The highest BCUT2D eigenvalue weighted by Gasteiger charge is 2.11. The molecule has 0 aliphatic carbocycles. The summed E-state index contributed by atoms with van der Waals surface area (Å²) in [4.78, 5) is 12.1. The zero-order valence-electron chi connectivity index (χ0n) is 12.3. The molecule has 112 valence electrons. The number of nitrogens with zero attached hydrogens (tertiary/aromatic N) is 1. The SMILES string of the molecule is COc1cc(SC)c(OC)cc1C=CC1=NNC(=O)CC1. The molecular formula is C15H18N2O3S. The van der Waals surface area contributed by atoms with Crippen molar-refractivity contribution in [3.63, 3.8) is 0 Å². The molecular weight excluding hydrogens is 288 g/mol. The molecule has 2 rings (SSSR count). The quantitative estimate of drug-likeness (QED) is 0.850. The number of allylic oxidation sites excluding steroid dienone is 1. The van der Waals surface area contributed by atoms with Gasteiger partial charge in [0, 0.05) is 18.4 Å². The van der Waals surface area contributed by atoms with Crippen molar-refractivity contribution in [3.8, 4) is 11.5 Å². The molecule has 1 aromatic rings. The average Bonchev–Trinajstić information content (AvgIpc) is 2.53. The van der Waals surface area contributed by atoms with E-state index in [1.165, 1.54) is 0 Å². The van der Waals surface area contributed by atoms with Crippen LogP contribution >= 0.6 is 11.8 Å². The van der Waals surface area contributed by atoms with E-state index in [2.05, 4.69) is 10.5 Å². The van der Waals surface area contributed by atoms with Gasteiger partial charge in [-0.1, -0.05) is 0 Å². The van der Waals surface area contributed by atoms with Crippen LogP contribution in [-0.4, -0.2) is 32.1 Å². The summed E-state index contributed by atoms with van der Waals surface area (Å²) >= 11 is 1.60. The number of methoxy groups -OCH3 is 2. The number of hydrogen-bond acceptors (Lipinski definition) is 5. The number of nitrogens with one attached hydrogen (secondary N) is 1. The normalized spacial score (nSPS) is 14.8. The predicted octanol–water partition coefficient (Wildman–Crippen LogP) is 2.70. The summed E-state index contributed by atoms with van der Waals surface area (Å²) in [6, 6.07) is 3.89. The Morgan fingerprint density at radius 1 is 1.19 bits per heavy atom. The Morgan fingerprint density at radius 2 is 1.95 bits per heavy atom. The van der Waals surface area contributed by atoms with E-state index in [1.54, 1.807) is 26.0 Å². The maximum atomic E-state index is 11.1. The lowest BCUT2D eigenvalue weighted by Gasteiger charge is -2.12. The third-order valence-electron chi connectivity index (χ3n) is 3.12. The summed E-state index contributed by atoms with van der Waals surface area (Å²) in [5.74, 6) is 1.54. The first-order valence-corrected chi connectivity index (χ1v) is 7.74. The summed E-state index contributed by atoms with van der Waals surface area (Å²) in [5.41, 5.74) is 4.22. The van der Waals surface area contributed by atoms with Crippen LogP contribution in [0.1, 0.15) is 18.4 Å². The van der Waals surface area contributed by atoms with Crippen molar-refractivity contribution in [2.24, 2.45) is 5.10 Å². The first kappa shape index (κ1) is 15.4. The van der Waals surface area contributed by atoms with Crippen LogP contribution in [0.25, 0.3) is 6.08 Å². The number of thioether (sulfide) groups is 1. The van der Waals surface area contributed by atoms with Gasteiger partial charge in [0.25, 0.3) is 0 Å². The van der Waals surface area contributed by atoms with Crippen LogP contribution in [0.4, 0.5) is 0 Å². The van der Waals surface area contributed by atoms with E-state index in [0.717, 1.165) is 27.7 Å². The Labute approximate surface area is 128 Å². The molecule has 1 aliphatic heterocycles. The summed E-state index contributed by atoms with van der Waals surface area (Å²) in [6.07, 6.45) is 6.91. The largest absolute Gasteiger partial charge is 0.496 e. The van der Waals surface area contributed by atoms with Crippen molar-refractivity contribution in [1.29, 1.82) is 0 Å². The Morgan fingerprint density at radius 3 is 2.52 bits per heavy atom. The van der Waals surface area contributed by atoms with Gasteiger partial charge in [0.2, 0.25) is 5.91 Å². The summed E-state index contributed by atoms with van der Waals surface area (Å²) in [5, 5.41) is 4.01. The second kappa shape index (κ2) is 7.17. The fourth-order valence-electron chi connectivity index (χ4n) is 1.98. The first-order chi connectivity index (χ1) is 10.2. The van der Waals surface area contributed by atoms with E-state index >= 15 is 0 Å². The highest BCUT2D eigenvalue weighted by molar-refractivity contribution is 7.98. The molecule has 1 heterocycles. The van der Waals surface area contributed by atoms with Gasteiger partial charge in [-0.3, -0.25) is 4.79 Å². The van der Waals surface area contributed by atoms with E-state index < -0.39 is 0 Å². The number of carbonyl (C=O) groups is 1. The van der Waals surface area contributed by atoms with Gasteiger partial charge in [-0.15, -0.1) is 11.8 Å². The smallest absolute Gasteiger partial charge is 0.240 e. The first-order valence-electron chi connectivity index (χ1n) is 6.51. The molecule has 1 amide bonds. The Balaban J connectivity index is 2.28. The maximum Gasteiger partial charge on any atom is 0.240 e. The highest BCUT2D eigenvalue weighted by Crippen LogP contribution is 2.35. The van der Waals surface area contributed by atoms with Crippen molar-refractivity contribution in [2.45, 2.75) is 17.7 Å². The molecule has 0 saturated heterocycles. The topological polar surface area (TPSA) is 59.9 Å². The van der Waals surface area contributed by atoms with Crippen LogP contribution in [-0.2, 0) is 4.79 Å². The number of carbonyl (C=O) groups excluding carboxylic acids is 1.